The van der Waals surface area contributed by atoms with Gasteiger partial charge in [0, 0.05) is 16.8 Å². The topological polar surface area (TPSA) is 65.8 Å². The van der Waals surface area contributed by atoms with Crippen LogP contribution in [0.2, 0.25) is 0 Å². The molecule has 1 atom stereocenters. The number of carbonyl (C=O) groups excluding carboxylic acids is 1. The Bertz CT molecular complexity index is 1300. The number of hydrogen-bond acceptors (Lipinski definition) is 4. The van der Waals surface area contributed by atoms with Crippen LogP contribution in [0.25, 0.3) is 22.4 Å². The predicted molar refractivity (Wildman–Crippen MR) is 135 cm³/mol. The Morgan fingerprint density at radius 2 is 1.55 bits per heavy atom. The summed E-state index contributed by atoms with van der Waals surface area (Å²) in [5.41, 5.74) is 5.81. The van der Waals surface area contributed by atoms with Crippen molar-refractivity contribution in [2.45, 2.75) is 24.1 Å². The number of amides is 1. The van der Waals surface area contributed by atoms with Gasteiger partial charge in [0.1, 0.15) is 11.1 Å². The number of aromatic nitrogens is 1. The maximum Gasteiger partial charge on any atom is 0.237 e. The molecule has 4 aromatic rings. The monoisotopic (exact) mass is 449 g/mol. The van der Waals surface area contributed by atoms with Gasteiger partial charge in [-0.1, -0.05) is 90.1 Å². The van der Waals surface area contributed by atoms with E-state index in [2.05, 4.69) is 11.4 Å². The van der Waals surface area contributed by atoms with Gasteiger partial charge >= 0.3 is 0 Å². The highest BCUT2D eigenvalue weighted by molar-refractivity contribution is 8.00. The van der Waals surface area contributed by atoms with E-state index < -0.39 is 5.25 Å². The zero-order chi connectivity index (χ0) is 23.2. The van der Waals surface area contributed by atoms with E-state index in [-0.39, 0.29) is 5.91 Å². The number of carbonyl (C=O) groups is 1. The number of nitriles is 1. The molecule has 1 N–H and O–H groups in total. The van der Waals surface area contributed by atoms with Crippen molar-refractivity contribution in [3.8, 4) is 28.5 Å². The zero-order valence-corrected chi connectivity index (χ0v) is 19.3. The number of hydrogen-bond donors (Lipinski definition) is 1. The number of nitrogens with one attached hydrogen (secondary N) is 1. The van der Waals surface area contributed by atoms with Crippen molar-refractivity contribution in [3.05, 3.63) is 102 Å². The van der Waals surface area contributed by atoms with Crippen LogP contribution in [0, 0.1) is 18.3 Å². The molecule has 0 aliphatic rings. The minimum atomic E-state index is -0.444. The van der Waals surface area contributed by atoms with Gasteiger partial charge in [-0.05, 0) is 37.6 Å². The van der Waals surface area contributed by atoms with E-state index in [4.69, 9.17) is 4.98 Å². The van der Waals surface area contributed by atoms with E-state index in [0.29, 0.717) is 10.6 Å². The Hall–Kier alpha value is -3.88. The number of benzene rings is 3. The SMILES string of the molecule is Cc1ccc(NC(=O)[C@@H](C)Sc2nc(-c3ccccc3)cc(-c3ccccc3)c2C#N)cc1. The zero-order valence-electron chi connectivity index (χ0n) is 18.4. The van der Waals surface area contributed by atoms with E-state index in [1.807, 2.05) is 105 Å². The van der Waals surface area contributed by atoms with Gasteiger partial charge in [-0.3, -0.25) is 4.79 Å². The Labute approximate surface area is 198 Å². The molecule has 4 nitrogen and oxygen atoms in total. The molecule has 1 amide bonds. The molecule has 0 spiro atoms. The van der Waals surface area contributed by atoms with E-state index in [1.54, 1.807) is 0 Å². The molecule has 0 radical (unpaired) electrons. The summed E-state index contributed by atoms with van der Waals surface area (Å²) >= 11 is 1.30. The van der Waals surface area contributed by atoms with Gasteiger partial charge < -0.3 is 5.32 Å². The predicted octanol–water partition coefficient (Wildman–Crippen LogP) is 6.72. The number of thioether (sulfide) groups is 1. The molecule has 162 valence electrons. The Morgan fingerprint density at radius 1 is 0.939 bits per heavy atom. The first-order valence-electron chi connectivity index (χ1n) is 10.7. The molecule has 0 aliphatic carbocycles. The summed E-state index contributed by atoms with van der Waals surface area (Å²) in [7, 11) is 0. The summed E-state index contributed by atoms with van der Waals surface area (Å²) in [5, 5.41) is 13.1. The summed E-state index contributed by atoms with van der Waals surface area (Å²) in [6, 6.07) is 31.6. The molecule has 0 saturated carbocycles. The molecule has 0 bridgehead atoms. The number of anilines is 1. The number of nitrogens with zero attached hydrogens (tertiary/aromatic N) is 2. The molecular weight excluding hydrogens is 426 g/mol. The molecule has 0 aliphatic heterocycles. The van der Waals surface area contributed by atoms with Crippen molar-refractivity contribution < 1.29 is 4.79 Å². The van der Waals surface area contributed by atoms with E-state index in [1.165, 1.54) is 11.8 Å². The number of aryl methyl sites for hydroxylation is 1. The van der Waals surface area contributed by atoms with Crippen LogP contribution in [-0.4, -0.2) is 16.1 Å². The van der Waals surface area contributed by atoms with Crippen molar-refractivity contribution in [3.63, 3.8) is 0 Å². The highest BCUT2D eigenvalue weighted by Gasteiger charge is 2.21. The fourth-order valence-electron chi connectivity index (χ4n) is 3.42. The van der Waals surface area contributed by atoms with Crippen molar-refractivity contribution in [2.24, 2.45) is 0 Å². The molecule has 0 fully saturated rings. The molecule has 3 aromatic carbocycles. The van der Waals surface area contributed by atoms with Gasteiger partial charge in [-0.2, -0.15) is 5.26 Å². The fraction of sp³-hybridized carbons (Fsp3) is 0.107. The van der Waals surface area contributed by atoms with E-state index in [9.17, 15) is 10.1 Å². The van der Waals surface area contributed by atoms with Gasteiger partial charge in [-0.25, -0.2) is 4.98 Å². The summed E-state index contributed by atoms with van der Waals surface area (Å²) < 4.78 is 0. The standard InChI is InChI=1S/C28H23N3OS/c1-19-13-15-23(16-14-19)30-27(32)20(2)33-28-25(18-29)24(21-9-5-3-6-10-21)17-26(31-28)22-11-7-4-8-12-22/h3-17,20H,1-2H3,(H,30,32)/t20-/m1/s1. The van der Waals surface area contributed by atoms with Crippen molar-refractivity contribution in [1.29, 1.82) is 5.26 Å². The van der Waals surface area contributed by atoms with Crippen LogP contribution < -0.4 is 5.32 Å². The Kier molecular flexibility index (Phi) is 6.87. The lowest BCUT2D eigenvalue weighted by Crippen LogP contribution is -2.22. The fourth-order valence-corrected chi connectivity index (χ4v) is 4.34. The van der Waals surface area contributed by atoms with Crippen LogP contribution in [0.1, 0.15) is 18.1 Å². The van der Waals surface area contributed by atoms with Gasteiger partial charge in [0.25, 0.3) is 0 Å². The first-order valence-corrected chi connectivity index (χ1v) is 11.5. The van der Waals surface area contributed by atoms with Gasteiger partial charge in [0.15, 0.2) is 0 Å². The van der Waals surface area contributed by atoms with Crippen LogP contribution in [-0.2, 0) is 4.79 Å². The second-order valence-electron chi connectivity index (χ2n) is 7.69. The molecular formula is C28H23N3OS. The third kappa shape index (κ3) is 5.31. The van der Waals surface area contributed by atoms with Crippen molar-refractivity contribution in [1.82, 2.24) is 4.98 Å². The maximum absolute atomic E-state index is 12.9. The Balaban J connectivity index is 1.71. The second-order valence-corrected chi connectivity index (χ2v) is 9.02. The highest BCUT2D eigenvalue weighted by Crippen LogP contribution is 2.35. The van der Waals surface area contributed by atoms with Crippen LogP contribution >= 0.6 is 11.8 Å². The highest BCUT2D eigenvalue weighted by atomic mass is 32.2. The first kappa shape index (κ1) is 22.3. The smallest absolute Gasteiger partial charge is 0.237 e. The quantitative estimate of drug-likeness (QED) is 0.332. The molecule has 4 rings (SSSR count). The van der Waals surface area contributed by atoms with E-state index in [0.717, 1.165) is 33.6 Å². The lowest BCUT2D eigenvalue weighted by Gasteiger charge is -2.16. The number of rotatable bonds is 6. The van der Waals surface area contributed by atoms with Crippen molar-refractivity contribution >= 4 is 23.4 Å². The Morgan fingerprint density at radius 3 is 2.15 bits per heavy atom. The van der Waals surface area contributed by atoms with E-state index >= 15 is 0 Å². The molecule has 0 saturated heterocycles. The first-order chi connectivity index (χ1) is 16.0. The maximum atomic E-state index is 12.9. The van der Waals surface area contributed by atoms with Gasteiger partial charge in [-0.15, -0.1) is 0 Å². The number of pyridine rings is 1. The normalized spacial score (nSPS) is 11.4. The largest absolute Gasteiger partial charge is 0.325 e. The minimum absolute atomic E-state index is 0.138. The lowest BCUT2D eigenvalue weighted by atomic mass is 9.99. The van der Waals surface area contributed by atoms with Gasteiger partial charge in [0.2, 0.25) is 5.91 Å². The summed E-state index contributed by atoms with van der Waals surface area (Å²) in [6.45, 7) is 3.83. The minimum Gasteiger partial charge on any atom is -0.325 e. The van der Waals surface area contributed by atoms with Gasteiger partial charge in [0.05, 0.1) is 16.5 Å². The molecule has 33 heavy (non-hydrogen) atoms. The second kappa shape index (κ2) is 10.2. The summed E-state index contributed by atoms with van der Waals surface area (Å²) in [4.78, 5) is 17.7. The molecule has 0 unspecified atom stereocenters. The lowest BCUT2D eigenvalue weighted by molar-refractivity contribution is -0.115. The third-order valence-electron chi connectivity index (χ3n) is 5.23. The van der Waals surface area contributed by atoms with Crippen LogP contribution in [0.4, 0.5) is 5.69 Å². The van der Waals surface area contributed by atoms with Crippen LogP contribution in [0.3, 0.4) is 0 Å². The average molecular weight is 450 g/mol. The van der Waals surface area contributed by atoms with Crippen LogP contribution in [0.15, 0.2) is 96.0 Å². The average Bonchev–Trinajstić information content (AvgIpc) is 2.86. The van der Waals surface area contributed by atoms with Crippen molar-refractivity contribution in [2.75, 3.05) is 5.32 Å². The molecule has 1 aromatic heterocycles. The van der Waals surface area contributed by atoms with Crippen LogP contribution in [0.5, 0.6) is 0 Å². The molecule has 1 heterocycles. The summed E-state index contributed by atoms with van der Waals surface area (Å²) in [6.07, 6.45) is 0. The summed E-state index contributed by atoms with van der Waals surface area (Å²) in [5.74, 6) is -0.138. The molecule has 5 heteroatoms. The third-order valence-corrected chi connectivity index (χ3v) is 6.32.